The topological polar surface area (TPSA) is 0 Å². The first-order valence-corrected chi connectivity index (χ1v) is 5.11. The zero-order valence-electron chi connectivity index (χ0n) is 10.1. The van der Waals surface area contributed by atoms with Gasteiger partial charge in [0.1, 0.15) is 0 Å². The van der Waals surface area contributed by atoms with Crippen molar-refractivity contribution in [1.82, 2.24) is 0 Å². The third-order valence-electron chi connectivity index (χ3n) is 1.16. The van der Waals surface area contributed by atoms with Gasteiger partial charge in [-0.15, -0.1) is 6.58 Å². The zero-order chi connectivity index (χ0) is 11.3. The molecule has 0 heterocycles. The Kier molecular flexibility index (Phi) is 24.1. The maximum Gasteiger partial charge on any atom is -0.0248 e. The van der Waals surface area contributed by atoms with E-state index >= 15 is 0 Å². The van der Waals surface area contributed by atoms with Gasteiger partial charge in [-0.3, -0.25) is 0 Å². The molecule has 0 heteroatoms. The highest BCUT2D eigenvalue weighted by molar-refractivity contribution is 5.12. The van der Waals surface area contributed by atoms with E-state index in [0.717, 1.165) is 18.4 Å². The maximum absolute atomic E-state index is 3.79. The van der Waals surface area contributed by atoms with E-state index in [1.165, 1.54) is 5.57 Å². The molecule has 0 rings (SSSR count). The highest BCUT2D eigenvalue weighted by Gasteiger charge is 1.87. The smallest absolute Gasteiger partial charge is 0.0248 e. The molecule has 0 N–H and O–H groups in total. The third kappa shape index (κ3) is 24.7. The summed E-state index contributed by atoms with van der Waals surface area (Å²) in [5.41, 5.74) is 2.30. The molecule has 0 saturated carbocycles. The Bertz CT molecular complexity index is 129. The van der Waals surface area contributed by atoms with Crippen LogP contribution in [0, 0.1) is 0 Å². The van der Waals surface area contributed by atoms with Crippen LogP contribution in [0.4, 0.5) is 0 Å². The van der Waals surface area contributed by atoms with Gasteiger partial charge in [-0.05, 0) is 19.8 Å². The minimum absolute atomic E-state index is 0.999. The Balaban J connectivity index is -0.000000218. The molecule has 0 unspecified atom stereocenters. The molecule has 0 fully saturated rings. The molecule has 0 bridgehead atoms. The number of hydrogen-bond donors (Lipinski definition) is 0. The summed E-state index contributed by atoms with van der Waals surface area (Å²) in [5, 5.41) is 0. The third-order valence-corrected chi connectivity index (χ3v) is 1.16. The van der Waals surface area contributed by atoms with Crippen LogP contribution in [-0.2, 0) is 0 Å². The molecule has 0 aliphatic carbocycles. The molecule has 0 aromatic carbocycles. The molecule has 0 saturated heterocycles. The fraction of sp³-hybridized carbons (Fsp3) is 0.538. The van der Waals surface area contributed by atoms with Gasteiger partial charge in [0.05, 0.1) is 0 Å². The molecule has 0 aliphatic rings. The van der Waals surface area contributed by atoms with Gasteiger partial charge in [0.25, 0.3) is 0 Å². The molecule has 0 aromatic rings. The van der Waals surface area contributed by atoms with E-state index in [2.05, 4.69) is 19.7 Å². The van der Waals surface area contributed by atoms with Gasteiger partial charge in [-0.2, -0.15) is 0 Å². The van der Waals surface area contributed by atoms with Crippen molar-refractivity contribution in [2.24, 2.45) is 0 Å². The van der Waals surface area contributed by atoms with Gasteiger partial charge in [0, 0.05) is 0 Å². The van der Waals surface area contributed by atoms with E-state index in [0.29, 0.717) is 0 Å². The van der Waals surface area contributed by atoms with Crippen molar-refractivity contribution in [2.75, 3.05) is 0 Å². The normalized spacial score (nSPS) is 6.85. The summed E-state index contributed by atoms with van der Waals surface area (Å²) in [6.45, 7) is 21.2. The van der Waals surface area contributed by atoms with Crippen LogP contribution in [0.2, 0.25) is 0 Å². The maximum atomic E-state index is 3.79. The summed E-state index contributed by atoms with van der Waals surface area (Å²) >= 11 is 0. The Hall–Kier alpha value is -0.780. The average Bonchev–Trinajstić information content (AvgIpc) is 2.20. The van der Waals surface area contributed by atoms with Crippen LogP contribution in [-0.4, -0.2) is 0 Å². The fourth-order valence-electron chi connectivity index (χ4n) is 0.476. The Labute approximate surface area is 85.1 Å². The second kappa shape index (κ2) is 17.3. The van der Waals surface area contributed by atoms with Gasteiger partial charge < -0.3 is 0 Å². The van der Waals surface area contributed by atoms with Crippen molar-refractivity contribution >= 4 is 0 Å². The van der Waals surface area contributed by atoms with Crippen LogP contribution in [0.5, 0.6) is 0 Å². The molecule has 78 valence electrons. The largest absolute Gasteiger partial charge is 0.100 e. The molecule has 0 amide bonds. The number of hydrogen-bond acceptors (Lipinski definition) is 0. The minimum Gasteiger partial charge on any atom is -0.100 e. The second-order valence-electron chi connectivity index (χ2n) is 2.32. The van der Waals surface area contributed by atoms with Crippen molar-refractivity contribution < 1.29 is 0 Å². The van der Waals surface area contributed by atoms with Crippen LogP contribution in [0.15, 0.2) is 37.0 Å². The van der Waals surface area contributed by atoms with E-state index < -0.39 is 0 Å². The van der Waals surface area contributed by atoms with Crippen LogP contribution in [0.25, 0.3) is 0 Å². The van der Waals surface area contributed by atoms with E-state index in [1.54, 1.807) is 6.08 Å². The van der Waals surface area contributed by atoms with Crippen LogP contribution in [0.1, 0.15) is 47.5 Å². The predicted molar refractivity (Wildman–Crippen MR) is 66.1 cm³/mol. The molecule has 0 aliphatic heterocycles. The molecule has 0 aromatic heterocycles. The SMILES string of the molecule is C=CC(=C)CCC(=C)C.CC.CC. The Morgan fingerprint density at radius 3 is 1.62 bits per heavy atom. The highest BCUT2D eigenvalue weighted by atomic mass is 13.9. The van der Waals surface area contributed by atoms with E-state index in [1.807, 2.05) is 34.6 Å². The average molecular weight is 182 g/mol. The molecule has 0 spiro atoms. The highest BCUT2D eigenvalue weighted by Crippen LogP contribution is 2.07. The van der Waals surface area contributed by atoms with E-state index in [4.69, 9.17) is 0 Å². The van der Waals surface area contributed by atoms with Gasteiger partial charge in [-0.25, -0.2) is 0 Å². The van der Waals surface area contributed by atoms with Crippen LogP contribution >= 0.6 is 0 Å². The van der Waals surface area contributed by atoms with Crippen molar-refractivity contribution in [3.8, 4) is 0 Å². The predicted octanol–water partition coefficient (Wildman–Crippen LogP) is 5.14. The van der Waals surface area contributed by atoms with E-state index in [9.17, 15) is 0 Å². The summed E-state index contributed by atoms with van der Waals surface area (Å²) in [6.07, 6.45) is 3.83. The summed E-state index contributed by atoms with van der Waals surface area (Å²) in [5.74, 6) is 0. The standard InChI is InChI=1S/C9H14.2C2H6/c1-5-9(4)7-6-8(2)3;2*1-2/h5H,1-2,4,6-7H2,3H3;2*1-2H3. The van der Waals surface area contributed by atoms with Crippen molar-refractivity contribution in [3.63, 3.8) is 0 Å². The molecular weight excluding hydrogens is 156 g/mol. The van der Waals surface area contributed by atoms with E-state index in [-0.39, 0.29) is 0 Å². The quantitative estimate of drug-likeness (QED) is 0.417. The van der Waals surface area contributed by atoms with Crippen molar-refractivity contribution in [1.29, 1.82) is 0 Å². The van der Waals surface area contributed by atoms with Crippen molar-refractivity contribution in [3.05, 3.63) is 37.0 Å². The molecule has 0 nitrogen and oxygen atoms in total. The Morgan fingerprint density at radius 1 is 1.00 bits per heavy atom. The lowest BCUT2D eigenvalue weighted by Crippen LogP contribution is -1.77. The molecular formula is C13H26. The summed E-state index contributed by atoms with van der Waals surface area (Å²) in [4.78, 5) is 0. The molecule has 0 atom stereocenters. The monoisotopic (exact) mass is 182 g/mol. The first-order chi connectivity index (χ1) is 6.16. The van der Waals surface area contributed by atoms with Gasteiger partial charge in [0.2, 0.25) is 0 Å². The summed E-state index contributed by atoms with van der Waals surface area (Å²) in [7, 11) is 0. The minimum atomic E-state index is 0.999. The second-order valence-corrected chi connectivity index (χ2v) is 2.32. The van der Waals surface area contributed by atoms with Crippen LogP contribution in [0.3, 0.4) is 0 Å². The summed E-state index contributed by atoms with van der Waals surface area (Å²) < 4.78 is 0. The summed E-state index contributed by atoms with van der Waals surface area (Å²) in [6, 6.07) is 0. The lowest BCUT2D eigenvalue weighted by molar-refractivity contribution is 0.955. The van der Waals surface area contributed by atoms with Crippen LogP contribution < -0.4 is 0 Å². The zero-order valence-corrected chi connectivity index (χ0v) is 10.1. The van der Waals surface area contributed by atoms with Crippen molar-refractivity contribution in [2.45, 2.75) is 47.5 Å². The van der Waals surface area contributed by atoms with Gasteiger partial charge in [-0.1, -0.05) is 58.1 Å². The van der Waals surface area contributed by atoms with Gasteiger partial charge >= 0.3 is 0 Å². The van der Waals surface area contributed by atoms with Gasteiger partial charge in [0.15, 0.2) is 0 Å². The molecule has 13 heavy (non-hydrogen) atoms. The lowest BCUT2D eigenvalue weighted by atomic mass is 10.1. The molecule has 0 radical (unpaired) electrons. The number of allylic oxidation sites excluding steroid dienone is 3. The Morgan fingerprint density at radius 2 is 1.38 bits per heavy atom. The lowest BCUT2D eigenvalue weighted by Gasteiger charge is -1.97. The number of rotatable bonds is 4. The first kappa shape index (κ1) is 18.1. The fourth-order valence-corrected chi connectivity index (χ4v) is 0.476. The first-order valence-electron chi connectivity index (χ1n) is 5.11.